The Balaban J connectivity index is 1.88. The van der Waals surface area contributed by atoms with Gasteiger partial charge in [-0.25, -0.2) is 9.31 Å². The number of ether oxygens (including phenoxy) is 2. The molecule has 0 radical (unpaired) electrons. The van der Waals surface area contributed by atoms with Gasteiger partial charge in [-0.1, -0.05) is 19.4 Å². The number of carbonyl (C=O) groups is 1. The van der Waals surface area contributed by atoms with Crippen LogP contribution in [0.1, 0.15) is 42.6 Å². The van der Waals surface area contributed by atoms with Gasteiger partial charge in [0.1, 0.15) is 5.56 Å². The third-order valence-electron chi connectivity index (χ3n) is 4.89. The second kappa shape index (κ2) is 8.71. The summed E-state index contributed by atoms with van der Waals surface area (Å²) >= 11 is 1.40. The van der Waals surface area contributed by atoms with Crippen molar-refractivity contribution in [2.24, 2.45) is 0 Å². The highest BCUT2D eigenvalue weighted by molar-refractivity contribution is 7.17. The van der Waals surface area contributed by atoms with E-state index in [1.807, 2.05) is 42.8 Å². The van der Waals surface area contributed by atoms with E-state index in [1.54, 1.807) is 22.2 Å². The van der Waals surface area contributed by atoms with Gasteiger partial charge in [-0.3, -0.25) is 9.36 Å². The number of esters is 1. The number of unbranched alkanes of at least 4 members (excludes halogenated alkanes) is 1. The van der Waals surface area contributed by atoms with E-state index >= 15 is 0 Å². The molecule has 7 nitrogen and oxygen atoms in total. The van der Waals surface area contributed by atoms with Crippen LogP contribution in [0.25, 0.3) is 15.7 Å². The van der Waals surface area contributed by atoms with Gasteiger partial charge in [-0.2, -0.15) is 5.10 Å². The van der Waals surface area contributed by atoms with Crippen molar-refractivity contribution >= 4 is 33.0 Å². The average molecular weight is 426 g/mol. The summed E-state index contributed by atoms with van der Waals surface area (Å²) in [6.45, 7) is 4.71. The molecular formula is C22H23N3O4S. The first-order valence-electron chi connectivity index (χ1n) is 10.0. The summed E-state index contributed by atoms with van der Waals surface area (Å²) in [5, 5.41) is 6.23. The number of hydrogen-bond donors (Lipinski definition) is 0. The second-order valence-electron chi connectivity index (χ2n) is 6.85. The van der Waals surface area contributed by atoms with Gasteiger partial charge in [0, 0.05) is 11.8 Å². The predicted octanol–water partition coefficient (Wildman–Crippen LogP) is 4.11. The topological polar surface area (TPSA) is 74.8 Å². The molecule has 4 aromatic rings. The lowest BCUT2D eigenvalue weighted by molar-refractivity contribution is 0.0523. The van der Waals surface area contributed by atoms with Crippen molar-refractivity contribution in [3.8, 4) is 5.75 Å². The monoisotopic (exact) mass is 425 g/mol. The fourth-order valence-corrected chi connectivity index (χ4v) is 4.35. The van der Waals surface area contributed by atoms with E-state index in [9.17, 15) is 9.59 Å². The average Bonchev–Trinajstić information content (AvgIpc) is 3.38. The molecule has 0 bridgehead atoms. The smallest absolute Gasteiger partial charge is 0.343 e. The highest BCUT2D eigenvalue weighted by Gasteiger charge is 2.26. The Kier molecular flexibility index (Phi) is 5.85. The van der Waals surface area contributed by atoms with Gasteiger partial charge in [0.05, 0.1) is 41.7 Å². The first-order chi connectivity index (χ1) is 14.7. The first kappa shape index (κ1) is 20.2. The van der Waals surface area contributed by atoms with Gasteiger partial charge in [-0.15, -0.1) is 11.3 Å². The second-order valence-corrected chi connectivity index (χ2v) is 7.77. The van der Waals surface area contributed by atoms with Crippen LogP contribution < -0.4 is 10.3 Å². The van der Waals surface area contributed by atoms with Crippen molar-refractivity contribution in [3.63, 3.8) is 0 Å². The lowest BCUT2D eigenvalue weighted by Gasteiger charge is -2.15. The van der Waals surface area contributed by atoms with Crippen LogP contribution in [0.3, 0.4) is 0 Å². The van der Waals surface area contributed by atoms with Crippen molar-refractivity contribution in [2.45, 2.75) is 33.2 Å². The van der Waals surface area contributed by atoms with E-state index in [1.165, 1.54) is 11.3 Å². The Bertz CT molecular complexity index is 1250. The van der Waals surface area contributed by atoms with Gasteiger partial charge in [-0.05, 0) is 36.9 Å². The van der Waals surface area contributed by atoms with Crippen molar-refractivity contribution < 1.29 is 14.3 Å². The number of hydrogen-bond acceptors (Lipinski definition) is 6. The van der Waals surface area contributed by atoms with Gasteiger partial charge >= 0.3 is 5.97 Å². The molecule has 0 aromatic carbocycles. The van der Waals surface area contributed by atoms with Gasteiger partial charge in [0.25, 0.3) is 5.56 Å². The molecule has 4 aromatic heterocycles. The zero-order valence-electron chi connectivity index (χ0n) is 17.0. The number of pyridine rings is 2. The number of thiophene rings is 1. The molecule has 0 N–H and O–H groups in total. The molecule has 0 aliphatic rings. The normalized spacial score (nSPS) is 11.3. The minimum atomic E-state index is -0.531. The number of rotatable bonds is 8. The van der Waals surface area contributed by atoms with E-state index < -0.39 is 5.97 Å². The standard InChI is InChI=1S/C22H23N3O4S/c1-3-5-11-29-19-18(22(27)28-4-2)20-17(9-12-30-20)24(21(19)26)14-15-13-23-25-10-7-6-8-16(15)25/h6-10,12-13H,3-5,11,14H2,1-2H3. The summed E-state index contributed by atoms with van der Waals surface area (Å²) in [5.41, 5.74) is 2.41. The van der Waals surface area contributed by atoms with E-state index in [0.717, 1.165) is 23.9 Å². The maximum absolute atomic E-state index is 13.5. The minimum absolute atomic E-state index is 0.0633. The van der Waals surface area contributed by atoms with Crippen molar-refractivity contribution in [3.05, 3.63) is 63.5 Å². The van der Waals surface area contributed by atoms with Gasteiger partial charge in [0.2, 0.25) is 5.75 Å². The number of nitrogens with zero attached hydrogens (tertiary/aromatic N) is 3. The summed E-state index contributed by atoms with van der Waals surface area (Å²) in [6, 6.07) is 7.66. The Morgan fingerprint density at radius 2 is 2.07 bits per heavy atom. The highest BCUT2D eigenvalue weighted by atomic mass is 32.1. The quantitative estimate of drug-likeness (QED) is 0.314. The summed E-state index contributed by atoms with van der Waals surface area (Å²) in [4.78, 5) is 26.2. The molecule has 0 saturated carbocycles. The molecule has 0 saturated heterocycles. The van der Waals surface area contributed by atoms with Crippen LogP contribution in [0.15, 0.2) is 46.8 Å². The van der Waals surface area contributed by atoms with Crippen LogP contribution in [0.5, 0.6) is 5.75 Å². The van der Waals surface area contributed by atoms with Gasteiger partial charge < -0.3 is 9.47 Å². The predicted molar refractivity (Wildman–Crippen MR) is 117 cm³/mol. The van der Waals surface area contributed by atoms with Crippen LogP contribution in [-0.4, -0.2) is 33.4 Å². The highest BCUT2D eigenvalue weighted by Crippen LogP contribution is 2.31. The molecule has 0 aliphatic carbocycles. The van der Waals surface area contributed by atoms with Crippen molar-refractivity contribution in [1.82, 2.24) is 14.2 Å². The molecule has 0 fully saturated rings. The fourth-order valence-electron chi connectivity index (χ4n) is 3.42. The maximum Gasteiger partial charge on any atom is 0.343 e. The molecule has 30 heavy (non-hydrogen) atoms. The molecule has 0 amide bonds. The van der Waals surface area contributed by atoms with Crippen LogP contribution >= 0.6 is 11.3 Å². The number of fused-ring (bicyclic) bond motifs is 2. The molecule has 0 unspecified atom stereocenters. The third-order valence-corrected chi connectivity index (χ3v) is 5.81. The summed E-state index contributed by atoms with van der Waals surface area (Å²) in [6.07, 6.45) is 5.34. The molecule has 8 heteroatoms. The fraction of sp³-hybridized carbons (Fsp3) is 0.318. The molecule has 0 atom stereocenters. The van der Waals surface area contributed by atoms with Crippen LogP contribution in [0.4, 0.5) is 0 Å². The summed E-state index contributed by atoms with van der Waals surface area (Å²) < 4.78 is 15.2. The van der Waals surface area contributed by atoms with Crippen LogP contribution in [0, 0.1) is 0 Å². The van der Waals surface area contributed by atoms with E-state index in [4.69, 9.17) is 9.47 Å². The molecule has 4 rings (SSSR count). The van der Waals surface area contributed by atoms with E-state index in [0.29, 0.717) is 23.4 Å². The molecule has 156 valence electrons. The Morgan fingerprint density at radius 1 is 1.20 bits per heavy atom. The van der Waals surface area contributed by atoms with Crippen LogP contribution in [0.2, 0.25) is 0 Å². The van der Waals surface area contributed by atoms with Crippen molar-refractivity contribution in [1.29, 1.82) is 0 Å². The minimum Gasteiger partial charge on any atom is -0.487 e. The van der Waals surface area contributed by atoms with Gasteiger partial charge in [0.15, 0.2) is 0 Å². The summed E-state index contributed by atoms with van der Waals surface area (Å²) in [7, 11) is 0. The Morgan fingerprint density at radius 3 is 2.87 bits per heavy atom. The zero-order chi connectivity index (χ0) is 21.1. The lowest BCUT2D eigenvalue weighted by Crippen LogP contribution is -2.26. The summed E-state index contributed by atoms with van der Waals surface area (Å²) in [5.74, 6) is -0.468. The lowest BCUT2D eigenvalue weighted by atomic mass is 10.2. The molecule has 4 heterocycles. The zero-order valence-corrected chi connectivity index (χ0v) is 17.8. The number of carbonyl (C=O) groups excluding carboxylic acids is 1. The number of aromatic nitrogens is 3. The van der Waals surface area contributed by atoms with E-state index in [2.05, 4.69) is 5.10 Å². The van der Waals surface area contributed by atoms with E-state index in [-0.39, 0.29) is 23.5 Å². The molecule has 0 spiro atoms. The SMILES string of the molecule is CCCCOc1c(C(=O)OCC)c2sccc2n(Cc2cnn3ccccc23)c1=O. The molecule has 0 aliphatic heterocycles. The first-order valence-corrected chi connectivity index (χ1v) is 10.9. The Hall–Kier alpha value is -3.13. The third kappa shape index (κ3) is 3.59. The Labute approximate surface area is 177 Å². The van der Waals surface area contributed by atoms with Crippen LogP contribution in [-0.2, 0) is 11.3 Å². The molecular weight excluding hydrogens is 402 g/mol. The maximum atomic E-state index is 13.5. The largest absolute Gasteiger partial charge is 0.487 e. The van der Waals surface area contributed by atoms with Crippen molar-refractivity contribution in [2.75, 3.05) is 13.2 Å².